The Morgan fingerprint density at radius 3 is 2.53 bits per heavy atom. The maximum absolute atomic E-state index is 12.0. The van der Waals surface area contributed by atoms with Gasteiger partial charge in [0.1, 0.15) is 49.5 Å². The standard InChI is InChI=1S/C20H24O10/c1-26-12-5-2-11(3-6-12)4-7-15(21)28-10-14-17(23)18(24)19(25)20(30-14)29-13-8-16(22)27-9-13/h2-7,13-14,17-20,23-25H,8-10H2,1H3/b7-4+/t13-,14-,17-,18+,19-,20-/m1/s1. The molecule has 0 amide bonds. The second-order valence-electron chi connectivity index (χ2n) is 6.90. The number of carbonyl (C=O) groups is 2. The second-order valence-corrected chi connectivity index (χ2v) is 6.90. The number of hydrogen-bond acceptors (Lipinski definition) is 10. The SMILES string of the molecule is COc1ccc(/C=C/C(=O)OC[C@H]2O[C@@H](O[C@H]3COC(=O)C3)[C@H](O)[C@@H](O)[C@@H]2O)cc1. The summed E-state index contributed by atoms with van der Waals surface area (Å²) in [5.41, 5.74) is 0.752. The molecular weight excluding hydrogens is 400 g/mol. The Hall–Kier alpha value is -2.50. The first-order chi connectivity index (χ1) is 14.4. The van der Waals surface area contributed by atoms with E-state index in [1.807, 2.05) is 0 Å². The normalized spacial score (nSPS) is 31.5. The number of hydrogen-bond donors (Lipinski definition) is 3. The number of ether oxygens (including phenoxy) is 5. The van der Waals surface area contributed by atoms with Crippen molar-refractivity contribution in [3.05, 3.63) is 35.9 Å². The van der Waals surface area contributed by atoms with Gasteiger partial charge in [-0.2, -0.15) is 0 Å². The summed E-state index contributed by atoms with van der Waals surface area (Å²) in [6.45, 7) is -0.378. The topological polar surface area (TPSA) is 141 Å². The number of aliphatic hydroxyl groups excluding tert-OH is 3. The van der Waals surface area contributed by atoms with Crippen molar-refractivity contribution >= 4 is 18.0 Å². The van der Waals surface area contributed by atoms with Gasteiger partial charge in [-0.3, -0.25) is 4.79 Å². The first-order valence-corrected chi connectivity index (χ1v) is 9.37. The third-order valence-corrected chi connectivity index (χ3v) is 4.74. The van der Waals surface area contributed by atoms with Crippen LogP contribution in [0, 0.1) is 0 Å². The van der Waals surface area contributed by atoms with Crippen LogP contribution < -0.4 is 4.74 Å². The average Bonchev–Trinajstić information content (AvgIpc) is 3.16. The summed E-state index contributed by atoms with van der Waals surface area (Å²) in [4.78, 5) is 23.1. The Morgan fingerprint density at radius 2 is 1.90 bits per heavy atom. The van der Waals surface area contributed by atoms with Crippen LogP contribution in [0.3, 0.4) is 0 Å². The van der Waals surface area contributed by atoms with Crippen LogP contribution in [0.2, 0.25) is 0 Å². The van der Waals surface area contributed by atoms with Gasteiger partial charge in [-0.25, -0.2) is 4.79 Å². The molecule has 30 heavy (non-hydrogen) atoms. The fourth-order valence-electron chi connectivity index (χ4n) is 3.03. The van der Waals surface area contributed by atoms with E-state index in [2.05, 4.69) is 0 Å². The summed E-state index contributed by atoms with van der Waals surface area (Å²) in [6, 6.07) is 7.00. The Balaban J connectivity index is 1.52. The highest BCUT2D eigenvalue weighted by molar-refractivity contribution is 5.87. The van der Waals surface area contributed by atoms with Crippen molar-refractivity contribution in [1.82, 2.24) is 0 Å². The third kappa shape index (κ3) is 5.55. The van der Waals surface area contributed by atoms with Crippen molar-refractivity contribution in [3.8, 4) is 5.75 Å². The van der Waals surface area contributed by atoms with Gasteiger partial charge >= 0.3 is 11.9 Å². The summed E-state index contributed by atoms with van der Waals surface area (Å²) in [5.74, 6) is -0.446. The van der Waals surface area contributed by atoms with E-state index in [4.69, 9.17) is 23.7 Å². The quantitative estimate of drug-likeness (QED) is 0.383. The molecule has 0 radical (unpaired) electrons. The number of esters is 2. The van der Waals surface area contributed by atoms with Crippen LogP contribution in [0.25, 0.3) is 6.08 Å². The molecule has 0 spiro atoms. The number of aliphatic hydroxyl groups is 3. The summed E-state index contributed by atoms with van der Waals surface area (Å²) >= 11 is 0. The molecule has 3 N–H and O–H groups in total. The van der Waals surface area contributed by atoms with E-state index in [-0.39, 0.29) is 19.6 Å². The Bertz CT molecular complexity index is 761. The summed E-state index contributed by atoms with van der Waals surface area (Å²) in [7, 11) is 1.55. The summed E-state index contributed by atoms with van der Waals surface area (Å²) in [5, 5.41) is 30.2. The summed E-state index contributed by atoms with van der Waals surface area (Å²) in [6.07, 6.45) is -4.99. The van der Waals surface area contributed by atoms with Crippen molar-refractivity contribution < 1.29 is 48.6 Å². The molecule has 2 saturated heterocycles. The van der Waals surface area contributed by atoms with Crippen LogP contribution in [-0.4, -0.2) is 84.4 Å². The van der Waals surface area contributed by atoms with Gasteiger partial charge < -0.3 is 39.0 Å². The van der Waals surface area contributed by atoms with Crippen LogP contribution >= 0.6 is 0 Å². The average molecular weight is 424 g/mol. The number of rotatable bonds is 7. The lowest BCUT2D eigenvalue weighted by Crippen LogP contribution is -2.60. The van der Waals surface area contributed by atoms with Gasteiger partial charge in [-0.1, -0.05) is 12.1 Å². The zero-order valence-corrected chi connectivity index (χ0v) is 16.2. The molecule has 2 heterocycles. The minimum atomic E-state index is -1.58. The Kier molecular flexibility index (Phi) is 7.40. The molecule has 10 nitrogen and oxygen atoms in total. The van der Waals surface area contributed by atoms with E-state index >= 15 is 0 Å². The van der Waals surface area contributed by atoms with E-state index in [0.29, 0.717) is 5.75 Å². The maximum atomic E-state index is 12.0. The van der Waals surface area contributed by atoms with Gasteiger partial charge in [0.25, 0.3) is 0 Å². The number of carbonyl (C=O) groups excluding carboxylic acids is 2. The highest BCUT2D eigenvalue weighted by atomic mass is 16.7. The van der Waals surface area contributed by atoms with Crippen LogP contribution in [0.4, 0.5) is 0 Å². The van der Waals surface area contributed by atoms with Gasteiger partial charge in [-0.05, 0) is 23.8 Å². The predicted molar refractivity (Wildman–Crippen MR) is 100 cm³/mol. The second kappa shape index (κ2) is 10.0. The van der Waals surface area contributed by atoms with Crippen molar-refractivity contribution in [1.29, 1.82) is 0 Å². The van der Waals surface area contributed by atoms with Gasteiger partial charge in [0.2, 0.25) is 0 Å². The van der Waals surface area contributed by atoms with Crippen molar-refractivity contribution in [2.24, 2.45) is 0 Å². The lowest BCUT2D eigenvalue weighted by molar-refractivity contribution is -0.311. The predicted octanol–water partition coefficient (Wildman–Crippen LogP) is -0.609. The highest BCUT2D eigenvalue weighted by Crippen LogP contribution is 2.25. The molecule has 0 aliphatic carbocycles. The Labute approximate surface area is 172 Å². The monoisotopic (exact) mass is 424 g/mol. The summed E-state index contributed by atoms with van der Waals surface area (Å²) < 4.78 is 25.8. The molecule has 0 bridgehead atoms. The van der Waals surface area contributed by atoms with Crippen LogP contribution in [0.15, 0.2) is 30.3 Å². The van der Waals surface area contributed by atoms with Crippen LogP contribution in [-0.2, 0) is 28.5 Å². The molecule has 164 valence electrons. The fraction of sp³-hybridized carbons (Fsp3) is 0.500. The molecule has 10 heteroatoms. The van der Waals surface area contributed by atoms with E-state index < -0.39 is 48.7 Å². The molecule has 1 aromatic carbocycles. The van der Waals surface area contributed by atoms with Crippen molar-refractivity contribution in [2.75, 3.05) is 20.3 Å². The molecule has 3 rings (SSSR count). The molecule has 6 atom stereocenters. The zero-order valence-electron chi connectivity index (χ0n) is 16.2. The first-order valence-electron chi connectivity index (χ1n) is 9.37. The fourth-order valence-corrected chi connectivity index (χ4v) is 3.03. The van der Waals surface area contributed by atoms with Gasteiger partial charge in [-0.15, -0.1) is 0 Å². The van der Waals surface area contributed by atoms with E-state index in [1.165, 1.54) is 6.08 Å². The lowest BCUT2D eigenvalue weighted by atomic mass is 9.99. The Morgan fingerprint density at radius 1 is 1.17 bits per heavy atom. The van der Waals surface area contributed by atoms with Crippen LogP contribution in [0.5, 0.6) is 5.75 Å². The molecule has 0 aromatic heterocycles. The zero-order chi connectivity index (χ0) is 21.7. The molecule has 2 aliphatic rings. The van der Waals surface area contributed by atoms with E-state index in [0.717, 1.165) is 5.56 Å². The number of cyclic esters (lactones) is 1. The molecule has 2 fully saturated rings. The minimum absolute atomic E-state index is 0.000129. The van der Waals surface area contributed by atoms with Gasteiger partial charge in [0, 0.05) is 6.08 Å². The highest BCUT2D eigenvalue weighted by Gasteiger charge is 2.46. The van der Waals surface area contributed by atoms with Crippen molar-refractivity contribution in [3.63, 3.8) is 0 Å². The largest absolute Gasteiger partial charge is 0.497 e. The molecule has 1 aromatic rings. The van der Waals surface area contributed by atoms with Gasteiger partial charge in [0.05, 0.1) is 13.5 Å². The molecule has 0 saturated carbocycles. The maximum Gasteiger partial charge on any atom is 0.330 e. The van der Waals surface area contributed by atoms with E-state index in [1.54, 1.807) is 37.5 Å². The van der Waals surface area contributed by atoms with E-state index in [9.17, 15) is 24.9 Å². The minimum Gasteiger partial charge on any atom is -0.497 e. The molecule has 0 unspecified atom stereocenters. The lowest BCUT2D eigenvalue weighted by Gasteiger charge is -2.40. The van der Waals surface area contributed by atoms with Gasteiger partial charge in [0.15, 0.2) is 6.29 Å². The number of benzene rings is 1. The first kappa shape index (κ1) is 22.2. The van der Waals surface area contributed by atoms with Crippen LogP contribution in [0.1, 0.15) is 12.0 Å². The number of methoxy groups -OCH3 is 1. The molecular formula is C20H24O10. The molecule has 2 aliphatic heterocycles. The third-order valence-electron chi connectivity index (χ3n) is 4.74. The van der Waals surface area contributed by atoms with Crippen molar-refractivity contribution in [2.45, 2.75) is 43.2 Å². The smallest absolute Gasteiger partial charge is 0.330 e.